The van der Waals surface area contributed by atoms with Gasteiger partial charge in [-0.1, -0.05) is 20.3 Å². The second kappa shape index (κ2) is 7.06. The number of aromatic nitrogens is 2. The van der Waals surface area contributed by atoms with Crippen molar-refractivity contribution in [1.82, 2.24) is 9.97 Å². The standard InChI is InChI=1S/C12H22N4O/c1-3-5-10-11(13)15-8-16-12(10)14-7-6-9(17)4-2/h8-9,17H,3-7H2,1-2H3,(H3,13,14,15,16). The fourth-order valence-electron chi connectivity index (χ4n) is 1.64. The first kappa shape index (κ1) is 13.7. The maximum absolute atomic E-state index is 9.47. The van der Waals surface area contributed by atoms with Crippen molar-refractivity contribution in [3.63, 3.8) is 0 Å². The minimum Gasteiger partial charge on any atom is -0.393 e. The molecule has 1 atom stereocenters. The first-order chi connectivity index (χ1) is 8.19. The van der Waals surface area contributed by atoms with E-state index in [1.807, 2.05) is 6.92 Å². The normalized spacial score (nSPS) is 12.4. The van der Waals surface area contributed by atoms with E-state index in [1.165, 1.54) is 6.33 Å². The van der Waals surface area contributed by atoms with E-state index < -0.39 is 0 Å². The fraction of sp³-hybridized carbons (Fsp3) is 0.667. The van der Waals surface area contributed by atoms with Crippen LogP contribution in [0.1, 0.15) is 38.7 Å². The Labute approximate surface area is 102 Å². The molecular formula is C12H22N4O. The van der Waals surface area contributed by atoms with E-state index in [0.717, 1.165) is 30.6 Å². The summed E-state index contributed by atoms with van der Waals surface area (Å²) >= 11 is 0. The molecule has 1 aromatic rings. The topological polar surface area (TPSA) is 84.1 Å². The van der Waals surface area contributed by atoms with Crippen molar-refractivity contribution in [3.8, 4) is 0 Å². The molecule has 0 aliphatic carbocycles. The number of aliphatic hydroxyl groups excluding tert-OH is 1. The Hall–Kier alpha value is -1.36. The molecule has 0 amide bonds. The predicted molar refractivity (Wildman–Crippen MR) is 69.8 cm³/mol. The first-order valence-electron chi connectivity index (χ1n) is 6.20. The van der Waals surface area contributed by atoms with Gasteiger partial charge in [0.2, 0.25) is 0 Å². The highest BCUT2D eigenvalue weighted by atomic mass is 16.3. The van der Waals surface area contributed by atoms with Gasteiger partial charge in [-0.25, -0.2) is 9.97 Å². The lowest BCUT2D eigenvalue weighted by molar-refractivity contribution is 0.164. The number of nitrogens with two attached hydrogens (primary N) is 1. The number of nitrogens with one attached hydrogen (secondary N) is 1. The molecule has 0 aliphatic rings. The Morgan fingerprint density at radius 3 is 2.82 bits per heavy atom. The maximum Gasteiger partial charge on any atom is 0.134 e. The largest absolute Gasteiger partial charge is 0.393 e. The van der Waals surface area contributed by atoms with E-state index in [-0.39, 0.29) is 6.10 Å². The van der Waals surface area contributed by atoms with Gasteiger partial charge in [0.15, 0.2) is 0 Å². The number of hydrogen-bond acceptors (Lipinski definition) is 5. The van der Waals surface area contributed by atoms with Crippen molar-refractivity contribution in [2.45, 2.75) is 45.6 Å². The lowest BCUT2D eigenvalue weighted by atomic mass is 10.1. The van der Waals surface area contributed by atoms with E-state index in [9.17, 15) is 5.11 Å². The van der Waals surface area contributed by atoms with Crippen LogP contribution in [-0.2, 0) is 6.42 Å². The van der Waals surface area contributed by atoms with Crippen molar-refractivity contribution >= 4 is 11.6 Å². The summed E-state index contributed by atoms with van der Waals surface area (Å²) in [6.07, 6.45) is 4.57. The molecule has 0 fully saturated rings. The Morgan fingerprint density at radius 1 is 1.41 bits per heavy atom. The Bertz CT molecular complexity index is 343. The lowest BCUT2D eigenvalue weighted by Crippen LogP contribution is -2.14. The predicted octanol–water partition coefficient (Wildman–Crippen LogP) is 1.58. The molecule has 17 heavy (non-hydrogen) atoms. The molecule has 96 valence electrons. The number of rotatable bonds is 7. The van der Waals surface area contributed by atoms with Crippen molar-refractivity contribution in [2.75, 3.05) is 17.6 Å². The number of aliphatic hydroxyl groups is 1. The van der Waals surface area contributed by atoms with Crippen molar-refractivity contribution in [2.24, 2.45) is 0 Å². The fourth-order valence-corrected chi connectivity index (χ4v) is 1.64. The molecule has 1 aromatic heterocycles. The molecule has 0 radical (unpaired) electrons. The van der Waals surface area contributed by atoms with Crippen molar-refractivity contribution in [1.29, 1.82) is 0 Å². The van der Waals surface area contributed by atoms with Gasteiger partial charge >= 0.3 is 0 Å². The van der Waals surface area contributed by atoms with Gasteiger partial charge in [-0.3, -0.25) is 0 Å². The number of hydrogen-bond donors (Lipinski definition) is 3. The number of anilines is 2. The first-order valence-corrected chi connectivity index (χ1v) is 6.20. The summed E-state index contributed by atoms with van der Waals surface area (Å²) in [6.45, 7) is 4.76. The highest BCUT2D eigenvalue weighted by molar-refractivity contribution is 5.54. The maximum atomic E-state index is 9.47. The van der Waals surface area contributed by atoms with Crippen LogP contribution in [0.5, 0.6) is 0 Å². The third-order valence-electron chi connectivity index (χ3n) is 2.72. The van der Waals surface area contributed by atoms with Gasteiger partial charge in [0.05, 0.1) is 6.10 Å². The van der Waals surface area contributed by atoms with E-state index in [1.54, 1.807) is 0 Å². The molecule has 0 bridgehead atoms. The van der Waals surface area contributed by atoms with Gasteiger partial charge in [-0.15, -0.1) is 0 Å². The van der Waals surface area contributed by atoms with Crippen LogP contribution in [0.2, 0.25) is 0 Å². The minimum absolute atomic E-state index is 0.253. The average molecular weight is 238 g/mol. The zero-order valence-corrected chi connectivity index (χ0v) is 10.6. The van der Waals surface area contributed by atoms with E-state index in [0.29, 0.717) is 18.8 Å². The second-order valence-electron chi connectivity index (χ2n) is 4.11. The Morgan fingerprint density at radius 2 is 2.18 bits per heavy atom. The summed E-state index contributed by atoms with van der Waals surface area (Å²) in [7, 11) is 0. The van der Waals surface area contributed by atoms with Gasteiger partial charge in [0.25, 0.3) is 0 Å². The summed E-state index contributed by atoms with van der Waals surface area (Å²) in [5.74, 6) is 1.34. The van der Waals surface area contributed by atoms with Crippen LogP contribution >= 0.6 is 0 Å². The van der Waals surface area contributed by atoms with Crippen molar-refractivity contribution < 1.29 is 5.11 Å². The van der Waals surface area contributed by atoms with Crippen LogP contribution in [0, 0.1) is 0 Å². The van der Waals surface area contributed by atoms with Gasteiger partial charge in [-0.2, -0.15) is 0 Å². The summed E-state index contributed by atoms with van der Waals surface area (Å²) in [5, 5.41) is 12.7. The SMILES string of the molecule is CCCc1c(N)ncnc1NCCC(O)CC. The quantitative estimate of drug-likeness (QED) is 0.671. The summed E-state index contributed by atoms with van der Waals surface area (Å²) in [5.41, 5.74) is 6.80. The molecule has 5 nitrogen and oxygen atoms in total. The van der Waals surface area contributed by atoms with Gasteiger partial charge in [0.1, 0.15) is 18.0 Å². The van der Waals surface area contributed by atoms with Crippen LogP contribution in [0.25, 0.3) is 0 Å². The molecule has 0 spiro atoms. The monoisotopic (exact) mass is 238 g/mol. The molecule has 0 aliphatic heterocycles. The summed E-state index contributed by atoms with van der Waals surface area (Å²) < 4.78 is 0. The Balaban J connectivity index is 2.60. The van der Waals surface area contributed by atoms with Gasteiger partial charge in [-0.05, 0) is 19.3 Å². The third-order valence-corrected chi connectivity index (χ3v) is 2.72. The van der Waals surface area contributed by atoms with Crippen molar-refractivity contribution in [3.05, 3.63) is 11.9 Å². The molecule has 4 N–H and O–H groups in total. The van der Waals surface area contributed by atoms with Crippen LogP contribution in [0.15, 0.2) is 6.33 Å². The highest BCUT2D eigenvalue weighted by Gasteiger charge is 2.08. The minimum atomic E-state index is -0.253. The zero-order valence-electron chi connectivity index (χ0n) is 10.6. The van der Waals surface area contributed by atoms with Crippen LogP contribution < -0.4 is 11.1 Å². The van der Waals surface area contributed by atoms with Crippen LogP contribution in [0.3, 0.4) is 0 Å². The average Bonchev–Trinajstić information content (AvgIpc) is 2.33. The van der Waals surface area contributed by atoms with E-state index in [2.05, 4.69) is 22.2 Å². The molecule has 5 heteroatoms. The molecule has 1 rings (SSSR count). The molecule has 0 saturated carbocycles. The highest BCUT2D eigenvalue weighted by Crippen LogP contribution is 2.18. The molecule has 1 unspecified atom stereocenters. The number of nitrogen functional groups attached to an aromatic ring is 1. The molecule has 0 aromatic carbocycles. The summed E-state index contributed by atoms with van der Waals surface area (Å²) in [4.78, 5) is 8.19. The van der Waals surface area contributed by atoms with E-state index >= 15 is 0 Å². The third kappa shape index (κ3) is 4.19. The lowest BCUT2D eigenvalue weighted by Gasteiger charge is -2.13. The molecule has 1 heterocycles. The van der Waals surface area contributed by atoms with Gasteiger partial charge < -0.3 is 16.2 Å². The van der Waals surface area contributed by atoms with Crippen LogP contribution in [0.4, 0.5) is 11.6 Å². The summed E-state index contributed by atoms with van der Waals surface area (Å²) in [6, 6.07) is 0. The molecule has 0 saturated heterocycles. The van der Waals surface area contributed by atoms with Crippen LogP contribution in [-0.4, -0.2) is 27.7 Å². The zero-order chi connectivity index (χ0) is 12.7. The number of nitrogens with zero attached hydrogens (tertiary/aromatic N) is 2. The Kier molecular flexibility index (Phi) is 5.69. The molecular weight excluding hydrogens is 216 g/mol. The second-order valence-corrected chi connectivity index (χ2v) is 4.11. The van der Waals surface area contributed by atoms with Gasteiger partial charge in [0, 0.05) is 12.1 Å². The van der Waals surface area contributed by atoms with E-state index in [4.69, 9.17) is 5.73 Å². The smallest absolute Gasteiger partial charge is 0.134 e.